The molecule has 0 amide bonds. The number of rotatable bonds is 3. The van der Waals surface area contributed by atoms with Gasteiger partial charge < -0.3 is 8.98 Å². The summed E-state index contributed by atoms with van der Waals surface area (Å²) in [7, 11) is 0. The minimum absolute atomic E-state index is 0.0697. The highest BCUT2D eigenvalue weighted by Gasteiger charge is 2.37. The van der Waals surface area contributed by atoms with Crippen LogP contribution in [0.5, 0.6) is 0 Å². The van der Waals surface area contributed by atoms with Gasteiger partial charge in [0, 0.05) is 63.9 Å². The molecule has 1 aliphatic rings. The number of benzene rings is 8. The van der Waals surface area contributed by atoms with E-state index in [0.717, 1.165) is 38.8 Å². The molecular formula is C51H33NOS. The molecule has 0 unspecified atom stereocenters. The van der Waals surface area contributed by atoms with Crippen LogP contribution < -0.4 is 0 Å². The van der Waals surface area contributed by atoms with Crippen molar-refractivity contribution in [3.05, 3.63) is 175 Å². The standard InChI is InChI=1S/C51H33NOS/c1-51(2)42-23-19-30(28-41(42)48-43(51)24-22-38-36-14-7-9-18-47(36)54-50(38)48)31-20-25-44-39(27-31)40-29-32(21-26-45(40)52(44)33-11-4-3-5-12-33)34-15-10-16-37-35-13-6-8-17-46(35)53-49(34)37/h3-29H,1-2H3. The number of hydrogen-bond acceptors (Lipinski definition) is 2. The van der Waals surface area contributed by atoms with Gasteiger partial charge in [0.15, 0.2) is 0 Å². The van der Waals surface area contributed by atoms with E-state index in [1.54, 1.807) is 0 Å². The van der Waals surface area contributed by atoms with E-state index in [2.05, 4.69) is 176 Å². The van der Waals surface area contributed by atoms with Crippen molar-refractivity contribution in [1.29, 1.82) is 0 Å². The maximum absolute atomic E-state index is 6.50. The summed E-state index contributed by atoms with van der Waals surface area (Å²) in [4.78, 5) is 0. The van der Waals surface area contributed by atoms with Gasteiger partial charge in [0.1, 0.15) is 11.2 Å². The minimum Gasteiger partial charge on any atom is -0.455 e. The Balaban J connectivity index is 1.08. The second-order valence-corrected chi connectivity index (χ2v) is 16.3. The summed E-state index contributed by atoms with van der Waals surface area (Å²) in [5.41, 5.74) is 15.6. The average molecular weight is 708 g/mol. The number of fused-ring (bicyclic) bond motifs is 13. The van der Waals surface area contributed by atoms with E-state index in [-0.39, 0.29) is 5.41 Å². The van der Waals surface area contributed by atoms with Crippen molar-refractivity contribution < 1.29 is 4.42 Å². The van der Waals surface area contributed by atoms with Crippen LogP contribution in [0.3, 0.4) is 0 Å². The average Bonchev–Trinajstić information content (AvgIpc) is 3.94. The summed E-state index contributed by atoms with van der Waals surface area (Å²) in [5.74, 6) is 0. The molecule has 1 aliphatic carbocycles. The van der Waals surface area contributed by atoms with E-state index in [9.17, 15) is 0 Å². The fraction of sp³-hybridized carbons (Fsp3) is 0.0588. The van der Waals surface area contributed by atoms with Crippen LogP contribution in [0.25, 0.3) is 103 Å². The van der Waals surface area contributed by atoms with Gasteiger partial charge >= 0.3 is 0 Å². The third-order valence-electron chi connectivity index (χ3n) is 12.0. The topological polar surface area (TPSA) is 18.1 Å². The van der Waals surface area contributed by atoms with Gasteiger partial charge in [0.2, 0.25) is 0 Å². The molecule has 0 saturated heterocycles. The summed E-state index contributed by atoms with van der Waals surface area (Å²) in [6.07, 6.45) is 0. The van der Waals surface area contributed by atoms with Crippen LogP contribution >= 0.6 is 11.3 Å². The zero-order valence-corrected chi connectivity index (χ0v) is 30.7. The Morgan fingerprint density at radius 2 is 1.15 bits per heavy atom. The van der Waals surface area contributed by atoms with Crippen LogP contribution in [0, 0.1) is 0 Å². The van der Waals surface area contributed by atoms with E-state index in [1.165, 1.54) is 75.4 Å². The van der Waals surface area contributed by atoms with E-state index < -0.39 is 0 Å². The highest BCUT2D eigenvalue weighted by atomic mass is 32.1. The van der Waals surface area contributed by atoms with Crippen LogP contribution in [0.1, 0.15) is 25.0 Å². The lowest BCUT2D eigenvalue weighted by Gasteiger charge is -2.21. The molecule has 2 nitrogen and oxygen atoms in total. The lowest BCUT2D eigenvalue weighted by atomic mass is 9.82. The van der Waals surface area contributed by atoms with Gasteiger partial charge in [0.05, 0.1) is 11.0 Å². The molecule has 254 valence electrons. The Hall–Kier alpha value is -6.42. The Kier molecular flexibility index (Phi) is 6.03. The molecule has 0 saturated carbocycles. The van der Waals surface area contributed by atoms with E-state index >= 15 is 0 Å². The first kappa shape index (κ1) is 30.1. The molecule has 0 radical (unpaired) electrons. The first-order valence-electron chi connectivity index (χ1n) is 18.7. The smallest absolute Gasteiger partial charge is 0.143 e. The predicted molar refractivity (Wildman–Crippen MR) is 229 cm³/mol. The minimum atomic E-state index is -0.0697. The predicted octanol–water partition coefficient (Wildman–Crippen LogP) is 14.7. The fourth-order valence-corrected chi connectivity index (χ4v) is 10.7. The molecule has 0 bridgehead atoms. The van der Waals surface area contributed by atoms with Crippen molar-refractivity contribution in [2.75, 3.05) is 0 Å². The maximum Gasteiger partial charge on any atom is 0.143 e. The van der Waals surface area contributed by atoms with Crippen molar-refractivity contribution in [3.63, 3.8) is 0 Å². The third-order valence-corrected chi connectivity index (χ3v) is 13.2. The molecule has 3 heterocycles. The molecule has 54 heavy (non-hydrogen) atoms. The number of nitrogens with zero attached hydrogens (tertiary/aromatic N) is 1. The third kappa shape index (κ3) is 4.05. The summed E-state index contributed by atoms with van der Waals surface area (Å²) in [6.45, 7) is 4.76. The zero-order valence-electron chi connectivity index (χ0n) is 29.9. The molecule has 0 atom stereocenters. The summed E-state index contributed by atoms with van der Waals surface area (Å²) in [6, 6.07) is 60.2. The van der Waals surface area contributed by atoms with Crippen LogP contribution in [0.2, 0.25) is 0 Å². The molecule has 0 spiro atoms. The second-order valence-electron chi connectivity index (χ2n) is 15.3. The van der Waals surface area contributed by atoms with Crippen LogP contribution in [-0.4, -0.2) is 4.57 Å². The lowest BCUT2D eigenvalue weighted by molar-refractivity contribution is 0.661. The molecule has 0 fully saturated rings. The molecular weight excluding hydrogens is 675 g/mol. The maximum atomic E-state index is 6.50. The second kappa shape index (κ2) is 10.8. The molecule has 0 aliphatic heterocycles. The number of thiophene rings is 1. The van der Waals surface area contributed by atoms with Gasteiger partial charge in [-0.1, -0.05) is 123 Å². The Bertz CT molecular complexity index is 3360. The van der Waals surface area contributed by atoms with Gasteiger partial charge in [-0.3, -0.25) is 0 Å². The number of para-hydroxylation sites is 3. The van der Waals surface area contributed by atoms with Crippen molar-refractivity contribution in [2.45, 2.75) is 19.3 Å². The van der Waals surface area contributed by atoms with E-state index in [0.29, 0.717) is 0 Å². The summed E-state index contributed by atoms with van der Waals surface area (Å²) >= 11 is 1.93. The van der Waals surface area contributed by atoms with Crippen molar-refractivity contribution in [1.82, 2.24) is 4.57 Å². The Labute approximate surface area is 316 Å². The number of furan rings is 1. The zero-order chi connectivity index (χ0) is 35.7. The van der Waals surface area contributed by atoms with Crippen LogP contribution in [-0.2, 0) is 5.41 Å². The van der Waals surface area contributed by atoms with Gasteiger partial charge in [0.25, 0.3) is 0 Å². The Morgan fingerprint density at radius 1 is 0.481 bits per heavy atom. The Morgan fingerprint density at radius 3 is 2.00 bits per heavy atom. The number of aromatic nitrogens is 1. The highest BCUT2D eigenvalue weighted by Crippen LogP contribution is 2.54. The molecule has 11 aromatic rings. The molecule has 3 aromatic heterocycles. The monoisotopic (exact) mass is 707 g/mol. The normalized spacial score (nSPS) is 13.5. The molecule has 0 N–H and O–H groups in total. The highest BCUT2D eigenvalue weighted by molar-refractivity contribution is 7.26. The van der Waals surface area contributed by atoms with Crippen molar-refractivity contribution in [2.24, 2.45) is 0 Å². The van der Waals surface area contributed by atoms with Crippen molar-refractivity contribution in [3.8, 4) is 39.1 Å². The fourth-order valence-electron chi connectivity index (χ4n) is 9.40. The van der Waals surface area contributed by atoms with Gasteiger partial charge in [-0.25, -0.2) is 0 Å². The van der Waals surface area contributed by atoms with E-state index in [4.69, 9.17) is 4.42 Å². The van der Waals surface area contributed by atoms with Gasteiger partial charge in [-0.05, 0) is 88.0 Å². The van der Waals surface area contributed by atoms with Crippen LogP contribution in [0.15, 0.2) is 168 Å². The number of hydrogen-bond donors (Lipinski definition) is 0. The van der Waals surface area contributed by atoms with Crippen LogP contribution in [0.4, 0.5) is 0 Å². The largest absolute Gasteiger partial charge is 0.455 e. The van der Waals surface area contributed by atoms with Gasteiger partial charge in [-0.2, -0.15) is 0 Å². The van der Waals surface area contributed by atoms with Crippen molar-refractivity contribution >= 4 is 75.3 Å². The first-order chi connectivity index (χ1) is 26.5. The first-order valence-corrected chi connectivity index (χ1v) is 19.5. The lowest BCUT2D eigenvalue weighted by Crippen LogP contribution is -2.14. The summed E-state index contributed by atoms with van der Waals surface area (Å²) in [5, 5.41) is 7.45. The SMILES string of the molecule is CC1(C)c2ccc(-c3ccc4c(c3)c3cc(-c5cccc6c5oc5ccccc56)ccc3n4-c3ccccc3)cc2-c2c1ccc1c2sc2ccccc21. The molecule has 8 aromatic carbocycles. The van der Waals surface area contributed by atoms with Gasteiger partial charge in [-0.15, -0.1) is 11.3 Å². The molecule has 12 rings (SSSR count). The quantitative estimate of drug-likeness (QED) is 0.179. The molecule has 3 heteroatoms. The summed E-state index contributed by atoms with van der Waals surface area (Å²) < 4.78 is 11.6. The van der Waals surface area contributed by atoms with E-state index in [1.807, 2.05) is 17.4 Å².